The molecule has 3 atom stereocenters. The lowest BCUT2D eigenvalue weighted by molar-refractivity contribution is -0.149. The first-order valence-electron chi connectivity index (χ1n) is 10.8. The molecule has 0 aliphatic carbocycles. The minimum Gasteiger partial charge on any atom is -0.486 e. The Morgan fingerprint density at radius 3 is 2.64 bits per heavy atom. The molecular formula is C22H31BBrFO3. The van der Waals surface area contributed by atoms with Crippen molar-refractivity contribution in [3.8, 4) is 5.75 Å². The molecular weight excluding hydrogens is 422 g/mol. The van der Waals surface area contributed by atoms with Crippen LogP contribution in [0.5, 0.6) is 5.75 Å². The molecule has 2 bridgehead atoms. The van der Waals surface area contributed by atoms with E-state index in [1.165, 1.54) is 56.9 Å². The first-order valence-corrected chi connectivity index (χ1v) is 11.6. The minimum absolute atomic E-state index is 0.0915. The van der Waals surface area contributed by atoms with E-state index >= 15 is 0 Å². The fourth-order valence-electron chi connectivity index (χ4n) is 5.60. The van der Waals surface area contributed by atoms with Gasteiger partial charge in [-0.05, 0) is 60.3 Å². The summed E-state index contributed by atoms with van der Waals surface area (Å²) in [5.74, 6) is 1.53. The van der Waals surface area contributed by atoms with Gasteiger partial charge in [-0.15, -0.1) is 0 Å². The number of fused-ring (bicyclic) bond motifs is 2. The smallest absolute Gasteiger partial charge is 0.163 e. The predicted molar refractivity (Wildman–Crippen MR) is 114 cm³/mol. The predicted octanol–water partition coefficient (Wildman–Crippen LogP) is 6.34. The van der Waals surface area contributed by atoms with Gasteiger partial charge in [0.25, 0.3) is 0 Å². The number of halogens is 2. The molecule has 3 fully saturated rings. The van der Waals surface area contributed by atoms with Gasteiger partial charge in [-0.2, -0.15) is 0 Å². The molecule has 4 rings (SSSR count). The highest BCUT2D eigenvalue weighted by Crippen LogP contribution is 2.47. The lowest BCUT2D eigenvalue weighted by Crippen LogP contribution is -2.39. The largest absolute Gasteiger partial charge is 0.486 e. The summed E-state index contributed by atoms with van der Waals surface area (Å²) in [6.45, 7) is 5.32. The highest BCUT2D eigenvalue weighted by Gasteiger charge is 2.42. The molecule has 1 aromatic carbocycles. The fraction of sp³-hybridized carbons (Fsp3) is 0.727. The van der Waals surface area contributed by atoms with E-state index in [0.717, 1.165) is 24.9 Å². The van der Waals surface area contributed by atoms with E-state index in [1.54, 1.807) is 6.07 Å². The van der Waals surface area contributed by atoms with Crippen LogP contribution >= 0.6 is 15.9 Å². The number of benzene rings is 1. The van der Waals surface area contributed by atoms with Crippen LogP contribution in [-0.4, -0.2) is 31.3 Å². The zero-order chi connectivity index (χ0) is 19.7. The van der Waals surface area contributed by atoms with Gasteiger partial charge < -0.3 is 14.2 Å². The van der Waals surface area contributed by atoms with Crippen LogP contribution in [0, 0.1) is 11.7 Å². The van der Waals surface area contributed by atoms with Crippen molar-refractivity contribution >= 4 is 22.6 Å². The summed E-state index contributed by atoms with van der Waals surface area (Å²) in [5.41, 5.74) is 0. The van der Waals surface area contributed by atoms with Gasteiger partial charge in [-0.3, -0.25) is 0 Å². The van der Waals surface area contributed by atoms with E-state index in [2.05, 4.69) is 15.9 Å². The molecule has 154 valence electrons. The second kappa shape index (κ2) is 8.65. The maximum atomic E-state index is 13.5. The molecule has 0 amide bonds. The molecule has 0 unspecified atom stereocenters. The molecule has 6 heteroatoms. The SMILES string of the molecule is CC1(C)OC[C@@H]([C@H](CC[C@@H]2B3CCCC2CCC3)Oc2ccc(F)cc2Br)O1. The van der Waals surface area contributed by atoms with Crippen LogP contribution < -0.4 is 4.74 Å². The molecule has 0 saturated carbocycles. The van der Waals surface area contributed by atoms with Gasteiger partial charge in [-0.25, -0.2) is 4.39 Å². The van der Waals surface area contributed by atoms with Gasteiger partial charge in [0.15, 0.2) is 5.79 Å². The van der Waals surface area contributed by atoms with Gasteiger partial charge in [0.05, 0.1) is 11.1 Å². The van der Waals surface area contributed by atoms with Gasteiger partial charge in [0.2, 0.25) is 0 Å². The molecule has 0 radical (unpaired) electrons. The van der Waals surface area contributed by atoms with Crippen LogP contribution in [0.1, 0.15) is 52.4 Å². The van der Waals surface area contributed by atoms with Crippen LogP contribution in [0.4, 0.5) is 4.39 Å². The summed E-state index contributed by atoms with van der Waals surface area (Å²) in [5, 5.41) is 0. The van der Waals surface area contributed by atoms with E-state index < -0.39 is 5.79 Å². The summed E-state index contributed by atoms with van der Waals surface area (Å²) >= 11 is 3.44. The molecule has 3 aliphatic rings. The highest BCUT2D eigenvalue weighted by molar-refractivity contribution is 9.10. The molecule has 3 nitrogen and oxygen atoms in total. The Morgan fingerprint density at radius 1 is 1.29 bits per heavy atom. The van der Waals surface area contributed by atoms with Gasteiger partial charge >= 0.3 is 0 Å². The van der Waals surface area contributed by atoms with Crippen molar-refractivity contribution in [2.75, 3.05) is 6.61 Å². The first-order chi connectivity index (χ1) is 13.4. The maximum Gasteiger partial charge on any atom is 0.163 e. The van der Waals surface area contributed by atoms with Crippen LogP contribution in [-0.2, 0) is 9.47 Å². The summed E-state index contributed by atoms with van der Waals surface area (Å²) in [6.07, 6.45) is 10.3. The lowest BCUT2D eigenvalue weighted by Gasteiger charge is -2.41. The Balaban J connectivity index is 1.46. The van der Waals surface area contributed by atoms with Crippen molar-refractivity contribution in [2.24, 2.45) is 5.92 Å². The standard InChI is InChI=1S/C22H31BBrFO3/c1-22(2)26-14-21(28-22)20(27-19-9-7-16(25)13-18(19)24)10-8-17-15-5-3-11-23(17)12-4-6-15/h7,9,13,15,17,20-21H,3-6,8,10-12,14H2,1-2H3/t17-,20-,21-/m0/s1. The molecule has 3 aliphatic heterocycles. The van der Waals surface area contributed by atoms with Crippen molar-refractivity contribution in [1.29, 1.82) is 0 Å². The van der Waals surface area contributed by atoms with Gasteiger partial charge in [0.1, 0.15) is 30.5 Å². The van der Waals surface area contributed by atoms with Crippen molar-refractivity contribution in [2.45, 2.75) is 88.8 Å². The van der Waals surface area contributed by atoms with Crippen LogP contribution in [0.3, 0.4) is 0 Å². The number of ether oxygens (including phenoxy) is 3. The van der Waals surface area contributed by atoms with Crippen LogP contribution in [0.25, 0.3) is 0 Å². The second-order valence-corrected chi connectivity index (χ2v) is 10.1. The normalized spacial score (nSPS) is 30.3. The summed E-state index contributed by atoms with van der Waals surface area (Å²) in [6, 6.07) is 4.59. The third-order valence-electron chi connectivity index (χ3n) is 6.91. The Kier molecular flexibility index (Phi) is 6.39. The molecule has 0 aromatic heterocycles. The zero-order valence-electron chi connectivity index (χ0n) is 17.0. The molecule has 3 heterocycles. The Hall–Kier alpha value is -0.585. The molecule has 0 N–H and O–H groups in total. The second-order valence-electron chi connectivity index (χ2n) is 9.22. The van der Waals surface area contributed by atoms with E-state index in [-0.39, 0.29) is 18.0 Å². The van der Waals surface area contributed by atoms with Crippen molar-refractivity contribution in [3.05, 3.63) is 28.5 Å². The molecule has 3 saturated heterocycles. The summed E-state index contributed by atoms with van der Waals surface area (Å²) in [4.78, 5) is 0. The Bertz CT molecular complexity index is 664. The third-order valence-corrected chi connectivity index (χ3v) is 7.53. The quantitative estimate of drug-likeness (QED) is 0.471. The summed E-state index contributed by atoms with van der Waals surface area (Å²) in [7, 11) is 0. The van der Waals surface area contributed by atoms with Crippen molar-refractivity contribution in [3.63, 3.8) is 0 Å². The fourth-order valence-corrected chi connectivity index (χ4v) is 6.04. The van der Waals surface area contributed by atoms with Crippen LogP contribution in [0.2, 0.25) is 18.5 Å². The molecule has 0 spiro atoms. The molecule has 1 aromatic rings. The monoisotopic (exact) mass is 452 g/mol. The highest BCUT2D eigenvalue weighted by atomic mass is 79.9. The zero-order valence-corrected chi connectivity index (χ0v) is 18.5. The van der Waals surface area contributed by atoms with Gasteiger partial charge in [-0.1, -0.05) is 50.6 Å². The van der Waals surface area contributed by atoms with Crippen molar-refractivity contribution in [1.82, 2.24) is 0 Å². The topological polar surface area (TPSA) is 27.7 Å². The van der Waals surface area contributed by atoms with E-state index in [9.17, 15) is 4.39 Å². The van der Waals surface area contributed by atoms with E-state index in [0.29, 0.717) is 16.8 Å². The van der Waals surface area contributed by atoms with E-state index in [1.807, 2.05) is 13.8 Å². The Labute approximate surface area is 176 Å². The average Bonchev–Trinajstić information content (AvgIpc) is 2.99. The maximum absolute atomic E-state index is 13.5. The molecule has 28 heavy (non-hydrogen) atoms. The third kappa shape index (κ3) is 4.76. The van der Waals surface area contributed by atoms with Crippen molar-refractivity contribution < 1.29 is 18.6 Å². The van der Waals surface area contributed by atoms with E-state index in [4.69, 9.17) is 14.2 Å². The summed E-state index contributed by atoms with van der Waals surface area (Å²) < 4.78 is 32.5. The first kappa shape index (κ1) is 20.7. The van der Waals surface area contributed by atoms with Gasteiger partial charge in [0, 0.05) is 0 Å². The minimum atomic E-state index is -0.576. The Morgan fingerprint density at radius 2 is 2.04 bits per heavy atom. The number of hydrogen-bond acceptors (Lipinski definition) is 3. The lowest BCUT2D eigenvalue weighted by atomic mass is 9.28. The average molecular weight is 453 g/mol. The number of hydrogen-bond donors (Lipinski definition) is 0. The van der Waals surface area contributed by atoms with Crippen LogP contribution in [0.15, 0.2) is 22.7 Å². The number of rotatable bonds is 6.